The topological polar surface area (TPSA) is 116 Å². The molecule has 5 rings (SSSR count). The molecule has 10 nitrogen and oxygen atoms in total. The van der Waals surface area contributed by atoms with Crippen molar-refractivity contribution in [2.45, 2.75) is 6.42 Å². The highest BCUT2D eigenvalue weighted by atomic mass is 16.5. The minimum absolute atomic E-state index is 0.378. The summed E-state index contributed by atoms with van der Waals surface area (Å²) in [4.78, 5) is 23.4. The summed E-state index contributed by atoms with van der Waals surface area (Å²) in [5, 5.41) is 8.75. The number of nitrogens with one attached hydrogen (secondary N) is 3. The third-order valence-electron chi connectivity index (χ3n) is 5.30. The van der Waals surface area contributed by atoms with Crippen molar-refractivity contribution in [2.24, 2.45) is 5.10 Å². The predicted molar refractivity (Wildman–Crippen MR) is 129 cm³/mol. The van der Waals surface area contributed by atoms with Crippen LogP contribution in [-0.4, -0.2) is 64.0 Å². The normalized spacial score (nSPS) is 14.1. The number of nitrogens with zero attached hydrogens (tertiary/aromatic N) is 6. The number of H-pyrrole nitrogens is 1. The van der Waals surface area contributed by atoms with Gasteiger partial charge in [-0.1, -0.05) is 24.3 Å². The molecule has 1 aliphatic rings. The lowest BCUT2D eigenvalue weighted by Crippen LogP contribution is -2.37. The van der Waals surface area contributed by atoms with Crippen LogP contribution in [0.15, 0.2) is 60.0 Å². The minimum Gasteiger partial charge on any atom is -0.378 e. The van der Waals surface area contributed by atoms with Crippen molar-refractivity contribution >= 4 is 35.0 Å². The summed E-state index contributed by atoms with van der Waals surface area (Å²) < 4.78 is 5.46. The molecule has 33 heavy (non-hydrogen) atoms. The predicted octanol–water partition coefficient (Wildman–Crippen LogP) is 2.69. The Bertz CT molecular complexity index is 1220. The third kappa shape index (κ3) is 5.24. The Morgan fingerprint density at radius 1 is 1.03 bits per heavy atom. The van der Waals surface area contributed by atoms with E-state index in [1.54, 1.807) is 12.4 Å². The van der Waals surface area contributed by atoms with Crippen LogP contribution in [-0.2, 0) is 11.2 Å². The lowest BCUT2D eigenvalue weighted by molar-refractivity contribution is 0.122. The van der Waals surface area contributed by atoms with Crippen LogP contribution in [0.1, 0.15) is 11.3 Å². The number of hydrazone groups is 1. The molecule has 1 fully saturated rings. The average molecular weight is 444 g/mol. The molecule has 0 radical (unpaired) electrons. The Hall–Kier alpha value is -4.05. The SMILES string of the molecule is C(=N\Nc1nc(NCCc2ccccn2)nc(N2CCOCC2)n1)/c1c[nH]c2ccccc12. The second-order valence-corrected chi connectivity index (χ2v) is 7.54. The van der Waals surface area contributed by atoms with Gasteiger partial charge in [0.15, 0.2) is 0 Å². The standard InChI is InChI=1S/C23H25N9O/c1-2-7-20-19(6-1)17(15-26-20)16-27-31-22-28-21(25-10-8-18-5-3-4-9-24-18)29-23(30-22)32-11-13-33-14-12-32/h1-7,9,15-16,26H,8,10-14H2,(H2,25,28,29,30,31)/b27-16+. The number of hydrogen-bond acceptors (Lipinski definition) is 9. The molecule has 0 aliphatic carbocycles. The lowest BCUT2D eigenvalue weighted by atomic mass is 10.2. The van der Waals surface area contributed by atoms with Gasteiger partial charge in [-0.05, 0) is 18.2 Å². The van der Waals surface area contributed by atoms with Crippen LogP contribution < -0.4 is 15.6 Å². The maximum atomic E-state index is 5.46. The molecule has 0 bridgehead atoms. The van der Waals surface area contributed by atoms with E-state index >= 15 is 0 Å². The Balaban J connectivity index is 1.31. The molecule has 1 aliphatic heterocycles. The van der Waals surface area contributed by atoms with Gasteiger partial charge in [-0.15, -0.1) is 0 Å². The number of anilines is 3. The minimum atomic E-state index is 0.378. The van der Waals surface area contributed by atoms with Crippen molar-refractivity contribution in [1.82, 2.24) is 24.9 Å². The van der Waals surface area contributed by atoms with E-state index in [9.17, 15) is 0 Å². The second-order valence-electron chi connectivity index (χ2n) is 7.54. The Kier molecular flexibility index (Phi) is 6.34. The Morgan fingerprint density at radius 3 is 2.76 bits per heavy atom. The third-order valence-corrected chi connectivity index (χ3v) is 5.30. The summed E-state index contributed by atoms with van der Waals surface area (Å²) in [6.45, 7) is 3.41. The molecular formula is C23H25N9O. The van der Waals surface area contributed by atoms with E-state index in [1.807, 2.05) is 42.6 Å². The first-order chi connectivity index (χ1) is 16.3. The highest BCUT2D eigenvalue weighted by Gasteiger charge is 2.16. The van der Waals surface area contributed by atoms with Crippen LogP contribution in [0.2, 0.25) is 0 Å². The van der Waals surface area contributed by atoms with Crippen LogP contribution >= 0.6 is 0 Å². The van der Waals surface area contributed by atoms with Gasteiger partial charge in [0, 0.05) is 60.6 Å². The number of benzene rings is 1. The number of morpholine rings is 1. The molecule has 168 valence electrons. The number of hydrogen-bond donors (Lipinski definition) is 3. The van der Waals surface area contributed by atoms with Crippen molar-refractivity contribution in [2.75, 3.05) is 48.5 Å². The summed E-state index contributed by atoms with van der Waals surface area (Å²) in [6.07, 6.45) is 6.24. The quantitative estimate of drug-likeness (QED) is 0.281. The maximum Gasteiger partial charge on any atom is 0.250 e. The van der Waals surface area contributed by atoms with Gasteiger partial charge in [-0.3, -0.25) is 4.98 Å². The first-order valence-electron chi connectivity index (χ1n) is 10.9. The molecular weight excluding hydrogens is 418 g/mol. The summed E-state index contributed by atoms with van der Waals surface area (Å²) in [5.41, 5.74) is 6.01. The van der Waals surface area contributed by atoms with Gasteiger partial charge >= 0.3 is 0 Å². The molecule has 0 saturated carbocycles. The summed E-state index contributed by atoms with van der Waals surface area (Å²) >= 11 is 0. The van der Waals surface area contributed by atoms with Gasteiger partial charge in [0.1, 0.15) is 0 Å². The van der Waals surface area contributed by atoms with Gasteiger partial charge in [0.2, 0.25) is 17.8 Å². The van der Waals surface area contributed by atoms with E-state index in [0.29, 0.717) is 37.6 Å². The zero-order valence-electron chi connectivity index (χ0n) is 18.1. The van der Waals surface area contributed by atoms with E-state index in [2.05, 4.69) is 51.7 Å². The lowest BCUT2D eigenvalue weighted by Gasteiger charge is -2.27. The molecule has 0 unspecified atom stereocenters. The highest BCUT2D eigenvalue weighted by Crippen LogP contribution is 2.17. The summed E-state index contributed by atoms with van der Waals surface area (Å²) in [5.74, 6) is 1.47. The Labute approximate surface area is 191 Å². The zero-order valence-corrected chi connectivity index (χ0v) is 18.1. The molecule has 4 heterocycles. The number of aromatic nitrogens is 5. The van der Waals surface area contributed by atoms with Crippen molar-refractivity contribution < 1.29 is 4.74 Å². The van der Waals surface area contributed by atoms with Crippen LogP contribution in [0.25, 0.3) is 10.9 Å². The fraction of sp³-hybridized carbons (Fsp3) is 0.261. The number of para-hydroxylation sites is 1. The number of rotatable bonds is 8. The fourth-order valence-corrected chi connectivity index (χ4v) is 3.61. The van der Waals surface area contributed by atoms with Crippen LogP contribution in [0.3, 0.4) is 0 Å². The van der Waals surface area contributed by atoms with Crippen molar-refractivity contribution in [3.8, 4) is 0 Å². The summed E-state index contributed by atoms with van der Waals surface area (Å²) in [7, 11) is 0. The summed E-state index contributed by atoms with van der Waals surface area (Å²) in [6, 6.07) is 14.0. The van der Waals surface area contributed by atoms with Gasteiger partial charge in [0.25, 0.3) is 0 Å². The number of fused-ring (bicyclic) bond motifs is 1. The van der Waals surface area contributed by atoms with E-state index in [1.165, 1.54) is 0 Å². The molecule has 0 atom stereocenters. The molecule has 1 aromatic carbocycles. The van der Waals surface area contributed by atoms with Gasteiger partial charge in [0.05, 0.1) is 19.4 Å². The fourth-order valence-electron chi connectivity index (χ4n) is 3.61. The first kappa shape index (κ1) is 20.8. The van der Waals surface area contributed by atoms with E-state index < -0.39 is 0 Å². The molecule has 4 aromatic rings. The van der Waals surface area contributed by atoms with Crippen molar-refractivity contribution in [3.05, 3.63) is 66.1 Å². The van der Waals surface area contributed by atoms with Crippen LogP contribution in [0.5, 0.6) is 0 Å². The highest BCUT2D eigenvalue weighted by molar-refractivity contribution is 5.99. The average Bonchev–Trinajstić information content (AvgIpc) is 3.28. The molecule has 10 heteroatoms. The van der Waals surface area contributed by atoms with Gasteiger partial charge in [-0.25, -0.2) is 5.43 Å². The molecule has 3 N–H and O–H groups in total. The van der Waals surface area contributed by atoms with Crippen LogP contribution in [0.4, 0.5) is 17.8 Å². The molecule has 0 amide bonds. The van der Waals surface area contributed by atoms with Gasteiger partial charge < -0.3 is 19.9 Å². The Morgan fingerprint density at radius 2 is 1.88 bits per heavy atom. The van der Waals surface area contributed by atoms with Crippen molar-refractivity contribution in [3.63, 3.8) is 0 Å². The monoisotopic (exact) mass is 443 g/mol. The largest absolute Gasteiger partial charge is 0.378 e. The number of pyridine rings is 1. The van der Waals surface area contributed by atoms with Crippen molar-refractivity contribution in [1.29, 1.82) is 0 Å². The molecule has 1 saturated heterocycles. The van der Waals surface area contributed by atoms with Gasteiger partial charge in [-0.2, -0.15) is 20.1 Å². The van der Waals surface area contributed by atoms with Crippen LogP contribution in [0, 0.1) is 0 Å². The molecule has 3 aromatic heterocycles. The second kappa shape index (κ2) is 10.0. The van der Waals surface area contributed by atoms with E-state index in [0.717, 1.165) is 41.7 Å². The number of aromatic amines is 1. The first-order valence-corrected chi connectivity index (χ1v) is 10.9. The van der Waals surface area contributed by atoms with E-state index in [-0.39, 0.29) is 0 Å². The zero-order chi connectivity index (χ0) is 22.3. The number of ether oxygens (including phenoxy) is 1. The smallest absolute Gasteiger partial charge is 0.250 e. The van der Waals surface area contributed by atoms with E-state index in [4.69, 9.17) is 4.74 Å². The maximum absolute atomic E-state index is 5.46. The molecule has 0 spiro atoms.